The summed E-state index contributed by atoms with van der Waals surface area (Å²) in [5.74, 6) is -0.573. The quantitative estimate of drug-likeness (QED) is 0.873. The standard InChI is InChI=1S/C13H18N2O2/c1-9(13(16)17)12-14-8-7-11(15-12)10-5-3-2-4-6-10/h7-10H,2-6H2,1H3,(H,16,17). The van der Waals surface area contributed by atoms with E-state index in [1.165, 1.54) is 19.3 Å². The minimum absolute atomic E-state index is 0.431. The summed E-state index contributed by atoms with van der Waals surface area (Å²) in [6, 6.07) is 1.92. The maximum atomic E-state index is 10.9. The van der Waals surface area contributed by atoms with E-state index >= 15 is 0 Å². The van der Waals surface area contributed by atoms with E-state index in [2.05, 4.69) is 9.97 Å². The molecule has 1 saturated carbocycles. The molecule has 0 bridgehead atoms. The Morgan fingerprint density at radius 1 is 1.41 bits per heavy atom. The molecule has 92 valence electrons. The number of aliphatic carboxylic acids is 1. The molecule has 0 radical (unpaired) electrons. The van der Waals surface area contributed by atoms with Gasteiger partial charge in [0.15, 0.2) is 0 Å². The van der Waals surface area contributed by atoms with Gasteiger partial charge in [-0.15, -0.1) is 0 Å². The maximum Gasteiger partial charge on any atom is 0.313 e. The first kappa shape index (κ1) is 12.0. The van der Waals surface area contributed by atoms with Gasteiger partial charge in [-0.3, -0.25) is 4.79 Å². The van der Waals surface area contributed by atoms with Crippen molar-refractivity contribution >= 4 is 5.97 Å². The molecule has 1 unspecified atom stereocenters. The summed E-state index contributed by atoms with van der Waals surface area (Å²) in [5.41, 5.74) is 1.02. The summed E-state index contributed by atoms with van der Waals surface area (Å²) in [6.07, 6.45) is 7.82. The van der Waals surface area contributed by atoms with Crippen molar-refractivity contribution < 1.29 is 9.90 Å². The van der Waals surface area contributed by atoms with Gasteiger partial charge in [0, 0.05) is 17.8 Å². The highest BCUT2D eigenvalue weighted by molar-refractivity contribution is 5.74. The Morgan fingerprint density at radius 3 is 2.76 bits per heavy atom. The minimum Gasteiger partial charge on any atom is -0.481 e. The lowest BCUT2D eigenvalue weighted by molar-refractivity contribution is -0.138. The fourth-order valence-corrected chi connectivity index (χ4v) is 2.33. The fraction of sp³-hybridized carbons (Fsp3) is 0.615. The average molecular weight is 234 g/mol. The summed E-state index contributed by atoms with van der Waals surface area (Å²) in [7, 11) is 0. The lowest BCUT2D eigenvalue weighted by atomic mass is 9.87. The van der Waals surface area contributed by atoms with Gasteiger partial charge in [-0.25, -0.2) is 9.97 Å². The van der Waals surface area contributed by atoms with Crippen LogP contribution in [-0.2, 0) is 4.79 Å². The average Bonchev–Trinajstić information content (AvgIpc) is 2.39. The lowest BCUT2D eigenvalue weighted by Crippen LogP contribution is -2.14. The van der Waals surface area contributed by atoms with Crippen molar-refractivity contribution in [2.75, 3.05) is 0 Å². The number of carboxylic acid groups (broad SMARTS) is 1. The van der Waals surface area contributed by atoms with Crippen molar-refractivity contribution in [3.8, 4) is 0 Å². The molecule has 1 aromatic heterocycles. The van der Waals surface area contributed by atoms with Crippen LogP contribution in [0.1, 0.15) is 62.4 Å². The van der Waals surface area contributed by atoms with Crippen LogP contribution in [0.2, 0.25) is 0 Å². The zero-order valence-corrected chi connectivity index (χ0v) is 10.1. The molecule has 0 aromatic carbocycles. The van der Waals surface area contributed by atoms with Crippen molar-refractivity contribution in [1.82, 2.24) is 9.97 Å². The van der Waals surface area contributed by atoms with Crippen LogP contribution in [0.15, 0.2) is 12.3 Å². The van der Waals surface area contributed by atoms with Crippen LogP contribution in [0.5, 0.6) is 0 Å². The molecule has 1 heterocycles. The van der Waals surface area contributed by atoms with Crippen molar-refractivity contribution in [3.63, 3.8) is 0 Å². The third-order valence-electron chi connectivity index (χ3n) is 3.48. The molecular formula is C13H18N2O2. The number of hydrogen-bond acceptors (Lipinski definition) is 3. The molecule has 17 heavy (non-hydrogen) atoms. The normalized spacial score (nSPS) is 18.9. The highest BCUT2D eigenvalue weighted by atomic mass is 16.4. The Kier molecular flexibility index (Phi) is 3.71. The number of aromatic nitrogens is 2. The summed E-state index contributed by atoms with van der Waals surface area (Å²) in [4.78, 5) is 19.4. The summed E-state index contributed by atoms with van der Waals surface area (Å²) < 4.78 is 0. The third kappa shape index (κ3) is 2.81. The van der Waals surface area contributed by atoms with E-state index in [0.29, 0.717) is 11.7 Å². The van der Waals surface area contributed by atoms with E-state index in [1.807, 2.05) is 6.07 Å². The Labute approximate surface area is 101 Å². The van der Waals surface area contributed by atoms with Crippen LogP contribution < -0.4 is 0 Å². The zero-order valence-electron chi connectivity index (χ0n) is 10.1. The molecule has 0 spiro atoms. The zero-order chi connectivity index (χ0) is 12.3. The summed E-state index contributed by atoms with van der Waals surface area (Å²) >= 11 is 0. The van der Waals surface area contributed by atoms with Gasteiger partial charge in [0.1, 0.15) is 11.7 Å². The number of nitrogens with zero attached hydrogens (tertiary/aromatic N) is 2. The molecule has 1 N–H and O–H groups in total. The van der Waals surface area contributed by atoms with Crippen molar-refractivity contribution in [2.24, 2.45) is 0 Å². The van der Waals surface area contributed by atoms with E-state index in [0.717, 1.165) is 18.5 Å². The largest absolute Gasteiger partial charge is 0.481 e. The second-order valence-corrected chi connectivity index (χ2v) is 4.73. The fourth-order valence-electron chi connectivity index (χ4n) is 2.33. The van der Waals surface area contributed by atoms with Crippen molar-refractivity contribution in [1.29, 1.82) is 0 Å². The van der Waals surface area contributed by atoms with Crippen molar-refractivity contribution in [2.45, 2.75) is 50.9 Å². The van der Waals surface area contributed by atoms with Crippen LogP contribution in [0.25, 0.3) is 0 Å². The number of carboxylic acids is 1. The predicted octanol–water partition coefficient (Wildman–Crippen LogP) is 2.71. The molecule has 1 aromatic rings. The van der Waals surface area contributed by atoms with Gasteiger partial charge in [-0.2, -0.15) is 0 Å². The molecule has 1 aliphatic rings. The Bertz CT molecular complexity index is 400. The van der Waals surface area contributed by atoms with Gasteiger partial charge in [-0.05, 0) is 25.8 Å². The second-order valence-electron chi connectivity index (χ2n) is 4.73. The van der Waals surface area contributed by atoms with Gasteiger partial charge in [0.25, 0.3) is 0 Å². The van der Waals surface area contributed by atoms with Crippen LogP contribution in [-0.4, -0.2) is 21.0 Å². The Hall–Kier alpha value is -1.45. The summed E-state index contributed by atoms with van der Waals surface area (Å²) in [6.45, 7) is 1.63. The topological polar surface area (TPSA) is 63.1 Å². The maximum absolute atomic E-state index is 10.9. The highest BCUT2D eigenvalue weighted by Gasteiger charge is 2.21. The molecule has 1 atom stereocenters. The number of rotatable bonds is 3. The van der Waals surface area contributed by atoms with Crippen LogP contribution in [0, 0.1) is 0 Å². The molecule has 1 aliphatic carbocycles. The van der Waals surface area contributed by atoms with Gasteiger partial charge in [0.2, 0.25) is 0 Å². The van der Waals surface area contributed by atoms with Gasteiger partial charge in [-0.1, -0.05) is 19.3 Å². The molecule has 4 heteroatoms. The van der Waals surface area contributed by atoms with Crippen LogP contribution in [0.3, 0.4) is 0 Å². The van der Waals surface area contributed by atoms with E-state index in [-0.39, 0.29) is 0 Å². The SMILES string of the molecule is CC(C(=O)O)c1nccc(C2CCCCC2)n1. The number of hydrogen-bond donors (Lipinski definition) is 1. The van der Waals surface area contributed by atoms with E-state index in [4.69, 9.17) is 5.11 Å². The minimum atomic E-state index is -0.870. The first-order valence-corrected chi connectivity index (χ1v) is 6.24. The third-order valence-corrected chi connectivity index (χ3v) is 3.48. The first-order valence-electron chi connectivity index (χ1n) is 6.24. The Balaban J connectivity index is 2.18. The van der Waals surface area contributed by atoms with Crippen LogP contribution >= 0.6 is 0 Å². The monoisotopic (exact) mass is 234 g/mol. The van der Waals surface area contributed by atoms with E-state index < -0.39 is 11.9 Å². The van der Waals surface area contributed by atoms with E-state index in [1.54, 1.807) is 13.1 Å². The molecule has 0 aliphatic heterocycles. The van der Waals surface area contributed by atoms with E-state index in [9.17, 15) is 4.79 Å². The molecule has 0 saturated heterocycles. The molecule has 2 rings (SSSR count). The first-order chi connectivity index (χ1) is 8.18. The van der Waals surface area contributed by atoms with Crippen LogP contribution in [0.4, 0.5) is 0 Å². The van der Waals surface area contributed by atoms with Gasteiger partial charge >= 0.3 is 5.97 Å². The molecular weight excluding hydrogens is 216 g/mol. The molecule has 1 fully saturated rings. The Morgan fingerprint density at radius 2 is 2.12 bits per heavy atom. The van der Waals surface area contributed by atoms with Gasteiger partial charge < -0.3 is 5.11 Å². The number of carbonyl (C=O) groups is 1. The second kappa shape index (κ2) is 5.25. The molecule has 0 amide bonds. The lowest BCUT2D eigenvalue weighted by Gasteiger charge is -2.21. The predicted molar refractivity (Wildman–Crippen MR) is 63.9 cm³/mol. The smallest absolute Gasteiger partial charge is 0.313 e. The summed E-state index contributed by atoms with van der Waals surface area (Å²) in [5, 5.41) is 8.96. The van der Waals surface area contributed by atoms with Crippen molar-refractivity contribution in [3.05, 3.63) is 23.8 Å². The highest BCUT2D eigenvalue weighted by Crippen LogP contribution is 2.31. The van der Waals surface area contributed by atoms with Gasteiger partial charge in [0.05, 0.1) is 0 Å². The molecule has 4 nitrogen and oxygen atoms in total.